The average molecular weight is 437 g/mol. The van der Waals surface area contributed by atoms with Gasteiger partial charge in [-0.25, -0.2) is 9.97 Å². The molecule has 0 aliphatic carbocycles. The molecule has 1 aliphatic heterocycles. The Bertz CT molecular complexity index is 1190. The van der Waals surface area contributed by atoms with Crippen LogP contribution < -0.4 is 5.32 Å². The average Bonchev–Trinajstić information content (AvgIpc) is 3.47. The predicted octanol–water partition coefficient (Wildman–Crippen LogP) is 4.35. The third-order valence-electron chi connectivity index (χ3n) is 5.79. The Balaban J connectivity index is 1.39. The summed E-state index contributed by atoms with van der Waals surface area (Å²) in [7, 11) is 0. The minimum Gasteiger partial charge on any atom is -0.328 e. The van der Waals surface area contributed by atoms with E-state index in [9.17, 15) is 0 Å². The SMILES string of the molecule is CCn1cc(-c2cnc3c(Nc4cc(CN5CCCC(C)C5)ns4)nc(C)cn23)cn1. The lowest BCUT2D eigenvalue weighted by molar-refractivity contribution is 0.175. The molecule has 0 spiro atoms. The fraction of sp³-hybridized carbons (Fsp3) is 0.455. The molecule has 0 saturated carbocycles. The molecule has 8 nitrogen and oxygen atoms in total. The fourth-order valence-electron chi connectivity index (χ4n) is 4.30. The monoisotopic (exact) mass is 436 g/mol. The van der Waals surface area contributed by atoms with Crippen LogP contribution in [0.2, 0.25) is 0 Å². The standard InChI is InChI=1S/C22H28N8S/c1-4-29-13-17(9-24-29)19-10-23-22-21(25-16(3)12-30(19)22)26-20-8-18(27-31-20)14-28-7-5-6-15(2)11-28/h8-10,12-13,15H,4-7,11,14H2,1-3H3,(H,25,26). The van der Waals surface area contributed by atoms with Gasteiger partial charge in [0, 0.05) is 37.6 Å². The number of aromatic nitrogens is 6. The normalized spacial score (nSPS) is 17.5. The number of fused-ring (bicyclic) bond motifs is 1. The number of aryl methyl sites for hydroxylation is 2. The summed E-state index contributed by atoms with van der Waals surface area (Å²) in [5.41, 5.74) is 4.88. The van der Waals surface area contributed by atoms with Crippen molar-refractivity contribution in [2.24, 2.45) is 5.92 Å². The van der Waals surface area contributed by atoms with E-state index < -0.39 is 0 Å². The molecule has 9 heteroatoms. The van der Waals surface area contributed by atoms with Crippen molar-refractivity contribution in [2.75, 3.05) is 18.4 Å². The number of nitrogens with zero attached hydrogens (tertiary/aromatic N) is 7. The second kappa shape index (κ2) is 8.39. The molecule has 0 bridgehead atoms. The molecule has 1 unspecified atom stereocenters. The van der Waals surface area contributed by atoms with Crippen LogP contribution in [-0.2, 0) is 13.1 Å². The van der Waals surface area contributed by atoms with Gasteiger partial charge < -0.3 is 5.32 Å². The van der Waals surface area contributed by atoms with Gasteiger partial charge in [-0.05, 0) is 56.8 Å². The van der Waals surface area contributed by atoms with Gasteiger partial charge in [0.25, 0.3) is 0 Å². The molecule has 31 heavy (non-hydrogen) atoms. The Labute approximate surface area is 186 Å². The van der Waals surface area contributed by atoms with Crippen LogP contribution in [0.4, 0.5) is 10.8 Å². The van der Waals surface area contributed by atoms with Crippen molar-refractivity contribution in [1.29, 1.82) is 0 Å². The van der Waals surface area contributed by atoms with Crippen molar-refractivity contribution >= 4 is 28.0 Å². The molecule has 0 amide bonds. The van der Waals surface area contributed by atoms with Gasteiger partial charge in [-0.3, -0.25) is 14.0 Å². The van der Waals surface area contributed by atoms with Crippen LogP contribution >= 0.6 is 11.5 Å². The molecule has 1 saturated heterocycles. The van der Waals surface area contributed by atoms with Crippen LogP contribution in [0.1, 0.15) is 38.1 Å². The van der Waals surface area contributed by atoms with Crippen LogP contribution in [0.15, 0.2) is 30.9 Å². The second-order valence-corrected chi connectivity index (χ2v) is 9.25. The van der Waals surface area contributed by atoms with E-state index in [-0.39, 0.29) is 0 Å². The highest BCUT2D eigenvalue weighted by molar-refractivity contribution is 7.10. The van der Waals surface area contributed by atoms with Crippen molar-refractivity contribution in [3.05, 3.63) is 42.2 Å². The summed E-state index contributed by atoms with van der Waals surface area (Å²) in [6.07, 6.45) is 10.4. The largest absolute Gasteiger partial charge is 0.328 e. The quantitative estimate of drug-likeness (QED) is 0.484. The molecular weight excluding hydrogens is 408 g/mol. The van der Waals surface area contributed by atoms with E-state index in [2.05, 4.69) is 49.0 Å². The molecule has 0 radical (unpaired) electrons. The number of imidazole rings is 1. The molecule has 4 aromatic rings. The Hall–Kier alpha value is -2.78. The van der Waals surface area contributed by atoms with E-state index in [0.29, 0.717) is 0 Å². The fourth-order valence-corrected chi connectivity index (χ4v) is 4.95. The summed E-state index contributed by atoms with van der Waals surface area (Å²) in [5, 5.41) is 8.85. The van der Waals surface area contributed by atoms with Crippen LogP contribution in [0.25, 0.3) is 16.9 Å². The highest BCUT2D eigenvalue weighted by atomic mass is 32.1. The molecule has 5 heterocycles. The number of nitrogens with one attached hydrogen (secondary N) is 1. The Morgan fingerprint density at radius 3 is 2.97 bits per heavy atom. The van der Waals surface area contributed by atoms with Gasteiger partial charge in [-0.1, -0.05) is 6.92 Å². The zero-order chi connectivity index (χ0) is 21.4. The number of piperidine rings is 1. The smallest absolute Gasteiger partial charge is 0.180 e. The molecule has 5 rings (SSSR count). The molecule has 1 aliphatic rings. The molecule has 1 atom stereocenters. The summed E-state index contributed by atoms with van der Waals surface area (Å²) in [5.74, 6) is 1.52. The maximum absolute atomic E-state index is 4.71. The number of likely N-dealkylation sites (tertiary alicyclic amines) is 1. The van der Waals surface area contributed by atoms with Gasteiger partial charge in [-0.15, -0.1) is 0 Å². The zero-order valence-corrected chi connectivity index (χ0v) is 19.1. The van der Waals surface area contributed by atoms with E-state index in [1.54, 1.807) is 0 Å². The molecular formula is C22H28N8S. The van der Waals surface area contributed by atoms with Gasteiger partial charge in [0.05, 0.1) is 29.5 Å². The molecule has 1 fully saturated rings. The Morgan fingerprint density at radius 2 is 2.16 bits per heavy atom. The highest BCUT2D eigenvalue weighted by Gasteiger charge is 2.18. The summed E-state index contributed by atoms with van der Waals surface area (Å²) in [4.78, 5) is 11.9. The van der Waals surface area contributed by atoms with Crippen molar-refractivity contribution in [1.82, 2.24) is 33.4 Å². The van der Waals surface area contributed by atoms with Gasteiger partial charge in [0.2, 0.25) is 0 Å². The number of hydrogen-bond donors (Lipinski definition) is 1. The third-order valence-corrected chi connectivity index (χ3v) is 6.54. The van der Waals surface area contributed by atoms with Crippen LogP contribution in [0.3, 0.4) is 0 Å². The maximum Gasteiger partial charge on any atom is 0.180 e. The van der Waals surface area contributed by atoms with E-state index in [1.807, 2.05) is 36.4 Å². The maximum atomic E-state index is 4.71. The van der Waals surface area contributed by atoms with Crippen molar-refractivity contribution in [3.8, 4) is 11.3 Å². The van der Waals surface area contributed by atoms with E-state index in [1.165, 1.54) is 24.4 Å². The predicted molar refractivity (Wildman–Crippen MR) is 124 cm³/mol. The summed E-state index contributed by atoms with van der Waals surface area (Å²) < 4.78 is 8.67. The topological polar surface area (TPSA) is 76.2 Å². The number of hydrogen-bond acceptors (Lipinski definition) is 7. The number of anilines is 2. The van der Waals surface area contributed by atoms with Crippen molar-refractivity contribution in [2.45, 2.75) is 46.7 Å². The third kappa shape index (κ3) is 4.20. The summed E-state index contributed by atoms with van der Waals surface area (Å²) >= 11 is 1.48. The molecule has 0 aromatic carbocycles. The van der Waals surface area contributed by atoms with Crippen LogP contribution in [0.5, 0.6) is 0 Å². The summed E-state index contributed by atoms with van der Waals surface area (Å²) in [6, 6.07) is 2.14. The lowest BCUT2D eigenvalue weighted by atomic mass is 10.0. The zero-order valence-electron chi connectivity index (χ0n) is 18.2. The summed E-state index contributed by atoms with van der Waals surface area (Å²) in [6.45, 7) is 10.5. The van der Waals surface area contributed by atoms with Gasteiger partial charge in [0.1, 0.15) is 5.00 Å². The van der Waals surface area contributed by atoms with Crippen molar-refractivity contribution in [3.63, 3.8) is 0 Å². The van der Waals surface area contributed by atoms with Crippen molar-refractivity contribution < 1.29 is 0 Å². The minimum absolute atomic E-state index is 0.746. The molecule has 1 N–H and O–H groups in total. The molecule has 4 aromatic heterocycles. The Morgan fingerprint density at radius 1 is 1.26 bits per heavy atom. The van der Waals surface area contributed by atoms with Gasteiger partial charge in [-0.2, -0.15) is 9.47 Å². The van der Waals surface area contributed by atoms with E-state index >= 15 is 0 Å². The van der Waals surface area contributed by atoms with Crippen LogP contribution in [0, 0.1) is 12.8 Å². The lowest BCUT2D eigenvalue weighted by Crippen LogP contribution is -2.33. The minimum atomic E-state index is 0.746. The molecule has 162 valence electrons. The first kappa shape index (κ1) is 20.1. The van der Waals surface area contributed by atoms with Gasteiger partial charge in [0.15, 0.2) is 11.5 Å². The number of rotatable bonds is 6. The van der Waals surface area contributed by atoms with Crippen LogP contribution in [-0.4, -0.2) is 46.5 Å². The first-order chi connectivity index (χ1) is 15.1. The van der Waals surface area contributed by atoms with Gasteiger partial charge >= 0.3 is 0 Å². The van der Waals surface area contributed by atoms with E-state index in [4.69, 9.17) is 4.98 Å². The first-order valence-corrected chi connectivity index (χ1v) is 11.7. The second-order valence-electron chi connectivity index (χ2n) is 8.44. The highest BCUT2D eigenvalue weighted by Crippen LogP contribution is 2.28. The van der Waals surface area contributed by atoms with E-state index in [0.717, 1.165) is 71.2 Å². The Kier molecular flexibility index (Phi) is 5.45. The lowest BCUT2D eigenvalue weighted by Gasteiger charge is -2.30. The first-order valence-electron chi connectivity index (χ1n) is 10.9.